The maximum absolute atomic E-state index is 12.8. The number of sulfone groups is 1. The Morgan fingerprint density at radius 1 is 1.09 bits per heavy atom. The van der Waals surface area contributed by atoms with Crippen LogP contribution >= 0.6 is 23.2 Å². The van der Waals surface area contributed by atoms with Gasteiger partial charge in [0, 0.05) is 41.5 Å². The Morgan fingerprint density at radius 2 is 1.84 bits per heavy atom. The van der Waals surface area contributed by atoms with E-state index >= 15 is 0 Å². The molecule has 4 rings (SSSR count). The summed E-state index contributed by atoms with van der Waals surface area (Å²) in [6.45, 7) is 3.52. The van der Waals surface area contributed by atoms with Gasteiger partial charge in [-0.15, -0.1) is 0 Å². The number of rotatable bonds is 6. The molecule has 32 heavy (non-hydrogen) atoms. The summed E-state index contributed by atoms with van der Waals surface area (Å²) in [4.78, 5) is 4.81. The zero-order valence-corrected chi connectivity index (χ0v) is 20.3. The highest BCUT2D eigenvalue weighted by Crippen LogP contribution is 2.43. The van der Waals surface area contributed by atoms with Crippen molar-refractivity contribution < 1.29 is 17.5 Å². The lowest BCUT2D eigenvalue weighted by Gasteiger charge is -2.32. The van der Waals surface area contributed by atoms with Crippen molar-refractivity contribution in [2.24, 2.45) is 0 Å². The monoisotopic (exact) mass is 500 g/mol. The normalized spacial score (nSPS) is 22.5. The van der Waals surface area contributed by atoms with Gasteiger partial charge in [0.1, 0.15) is 18.5 Å². The summed E-state index contributed by atoms with van der Waals surface area (Å²) in [6, 6.07) is 10.2. The zero-order chi connectivity index (χ0) is 22.9. The summed E-state index contributed by atoms with van der Waals surface area (Å²) in [5.74, 6) is 0.588. The number of hydrogen-bond acceptors (Lipinski definition) is 5. The Morgan fingerprint density at radius 3 is 2.53 bits per heavy atom. The van der Waals surface area contributed by atoms with Crippen molar-refractivity contribution in [1.29, 1.82) is 0 Å². The van der Waals surface area contributed by atoms with E-state index in [1.54, 1.807) is 30.3 Å². The summed E-state index contributed by atoms with van der Waals surface area (Å²) >= 11 is 12.9. The first kappa shape index (κ1) is 23.8. The van der Waals surface area contributed by atoms with Gasteiger partial charge in [-0.05, 0) is 67.9 Å². The van der Waals surface area contributed by atoms with E-state index in [9.17, 15) is 12.8 Å². The average molecular weight is 501 g/mol. The molecule has 0 saturated carbocycles. The summed E-state index contributed by atoms with van der Waals surface area (Å²) in [5.41, 5.74) is 1.99. The van der Waals surface area contributed by atoms with Crippen molar-refractivity contribution in [3.05, 3.63) is 57.6 Å². The molecular formula is C23H27Cl2FN2O3S. The third kappa shape index (κ3) is 5.23. The Balaban J connectivity index is 1.62. The van der Waals surface area contributed by atoms with Crippen LogP contribution < -0.4 is 4.74 Å². The number of ether oxygens (including phenoxy) is 1. The third-order valence-electron chi connectivity index (χ3n) is 6.27. The molecule has 0 aromatic heterocycles. The molecule has 2 aromatic rings. The molecule has 0 N–H and O–H groups in total. The Hall–Kier alpha value is -1.38. The molecule has 0 amide bonds. The number of benzene rings is 2. The molecule has 0 unspecified atom stereocenters. The van der Waals surface area contributed by atoms with Crippen LogP contribution in [0.5, 0.6) is 5.75 Å². The van der Waals surface area contributed by atoms with Crippen LogP contribution in [0.1, 0.15) is 23.7 Å². The summed E-state index contributed by atoms with van der Waals surface area (Å²) in [6.07, 6.45) is 2.58. The van der Waals surface area contributed by atoms with Gasteiger partial charge in [0.05, 0.1) is 10.9 Å². The van der Waals surface area contributed by atoms with Gasteiger partial charge in [-0.3, -0.25) is 9.80 Å². The second-order valence-electron chi connectivity index (χ2n) is 8.43. The lowest BCUT2D eigenvalue weighted by molar-refractivity contribution is 0.0797. The number of halogens is 3. The number of nitrogens with zero attached hydrogens (tertiary/aromatic N) is 2. The van der Waals surface area contributed by atoms with Gasteiger partial charge in [-0.1, -0.05) is 23.2 Å². The summed E-state index contributed by atoms with van der Waals surface area (Å²) < 4.78 is 42.8. The van der Waals surface area contributed by atoms with Gasteiger partial charge in [-0.25, -0.2) is 12.8 Å². The number of fused-ring (bicyclic) bond motifs is 1. The van der Waals surface area contributed by atoms with Gasteiger partial charge >= 0.3 is 0 Å². The second kappa shape index (κ2) is 9.85. The van der Waals surface area contributed by atoms with Crippen molar-refractivity contribution in [3.63, 3.8) is 0 Å². The molecule has 1 heterocycles. The van der Waals surface area contributed by atoms with Crippen LogP contribution in [0.15, 0.2) is 41.3 Å². The van der Waals surface area contributed by atoms with Crippen molar-refractivity contribution in [1.82, 2.24) is 9.80 Å². The average Bonchev–Trinajstić information content (AvgIpc) is 2.92. The zero-order valence-electron chi connectivity index (χ0n) is 17.9. The standard InChI is InChI=1S/C23H27Cl2FN2O3S/c1-32(29,30)18-5-3-17(4-6-18)31-23-20-13-16(24)14-21(25)19(20)15-22(23)28-9-2-8-27(10-7-26)11-12-28/h3-6,13-14,22-23H,2,7-12,15H2,1H3/t22-,23+/m0/s1. The molecule has 2 aliphatic rings. The SMILES string of the molecule is CS(=O)(=O)c1ccc(O[C@@H]2c3cc(Cl)cc(Cl)c3C[C@@H]2N2CCCN(CCF)CC2)cc1. The molecule has 1 aliphatic heterocycles. The minimum absolute atomic E-state index is 0.0564. The predicted molar refractivity (Wildman–Crippen MR) is 125 cm³/mol. The maximum atomic E-state index is 12.8. The Labute approximate surface area is 199 Å². The second-order valence-corrected chi connectivity index (χ2v) is 11.3. The Kier molecular flexibility index (Phi) is 7.32. The van der Waals surface area contributed by atoms with E-state index in [2.05, 4.69) is 9.80 Å². The molecule has 174 valence electrons. The third-order valence-corrected chi connectivity index (χ3v) is 7.96. The molecule has 1 aliphatic carbocycles. The topological polar surface area (TPSA) is 49.9 Å². The molecule has 0 spiro atoms. The van der Waals surface area contributed by atoms with Crippen LogP contribution in [0.3, 0.4) is 0 Å². The predicted octanol–water partition coefficient (Wildman–Crippen LogP) is 4.42. The molecule has 1 fully saturated rings. The van der Waals surface area contributed by atoms with Crippen LogP contribution in [0.4, 0.5) is 4.39 Å². The van der Waals surface area contributed by atoms with E-state index < -0.39 is 9.84 Å². The minimum Gasteiger partial charge on any atom is -0.484 e. The fourth-order valence-electron chi connectivity index (χ4n) is 4.66. The fourth-order valence-corrected chi connectivity index (χ4v) is 5.87. The van der Waals surface area contributed by atoms with E-state index in [4.69, 9.17) is 27.9 Å². The maximum Gasteiger partial charge on any atom is 0.175 e. The molecule has 0 bridgehead atoms. The fraction of sp³-hybridized carbons (Fsp3) is 0.478. The summed E-state index contributed by atoms with van der Waals surface area (Å²) in [5, 5.41) is 1.19. The van der Waals surface area contributed by atoms with Gasteiger partial charge in [0.15, 0.2) is 9.84 Å². The lowest BCUT2D eigenvalue weighted by Crippen LogP contribution is -2.42. The van der Waals surface area contributed by atoms with Crippen LogP contribution in [-0.2, 0) is 16.3 Å². The molecule has 5 nitrogen and oxygen atoms in total. The van der Waals surface area contributed by atoms with Gasteiger partial charge in [0.25, 0.3) is 0 Å². The number of alkyl halides is 1. The number of hydrogen-bond donors (Lipinski definition) is 0. The smallest absolute Gasteiger partial charge is 0.175 e. The molecule has 0 radical (unpaired) electrons. The highest BCUT2D eigenvalue weighted by atomic mass is 35.5. The first-order valence-electron chi connectivity index (χ1n) is 10.7. The largest absolute Gasteiger partial charge is 0.484 e. The molecule has 2 atom stereocenters. The molecular weight excluding hydrogens is 474 g/mol. The van der Waals surface area contributed by atoms with Crippen LogP contribution in [0.25, 0.3) is 0 Å². The van der Waals surface area contributed by atoms with Crippen molar-refractivity contribution in [3.8, 4) is 5.75 Å². The van der Waals surface area contributed by atoms with Crippen molar-refractivity contribution >= 4 is 33.0 Å². The van der Waals surface area contributed by atoms with Gasteiger partial charge < -0.3 is 4.74 Å². The van der Waals surface area contributed by atoms with Crippen LogP contribution in [0, 0.1) is 0 Å². The van der Waals surface area contributed by atoms with E-state index in [1.165, 1.54) is 6.26 Å². The first-order chi connectivity index (χ1) is 15.3. The van der Waals surface area contributed by atoms with E-state index in [-0.39, 0.29) is 23.7 Å². The molecule has 9 heteroatoms. The quantitative estimate of drug-likeness (QED) is 0.587. The summed E-state index contributed by atoms with van der Waals surface area (Å²) in [7, 11) is -3.28. The highest BCUT2D eigenvalue weighted by Gasteiger charge is 2.40. The molecule has 2 aromatic carbocycles. The van der Waals surface area contributed by atoms with Gasteiger partial charge in [-0.2, -0.15) is 0 Å². The van der Waals surface area contributed by atoms with Crippen LogP contribution in [0.2, 0.25) is 10.0 Å². The van der Waals surface area contributed by atoms with E-state index in [0.29, 0.717) is 22.3 Å². The lowest BCUT2D eigenvalue weighted by atomic mass is 10.1. The molecule has 1 saturated heterocycles. The van der Waals surface area contributed by atoms with E-state index in [1.807, 2.05) is 6.07 Å². The minimum atomic E-state index is -3.28. The highest BCUT2D eigenvalue weighted by molar-refractivity contribution is 7.90. The van der Waals surface area contributed by atoms with Crippen LogP contribution in [-0.4, -0.2) is 69.9 Å². The Bertz CT molecular complexity index is 1070. The van der Waals surface area contributed by atoms with E-state index in [0.717, 1.165) is 50.1 Å². The van der Waals surface area contributed by atoms with Crippen molar-refractivity contribution in [2.75, 3.05) is 45.7 Å². The van der Waals surface area contributed by atoms with Gasteiger partial charge in [0.2, 0.25) is 0 Å². The van der Waals surface area contributed by atoms with Crippen molar-refractivity contribution in [2.45, 2.75) is 29.9 Å². The first-order valence-corrected chi connectivity index (χ1v) is 13.4.